The maximum absolute atomic E-state index is 11.9. The molecule has 2 rings (SSSR count). The molecular weight excluding hydrogens is 301 g/mol. The summed E-state index contributed by atoms with van der Waals surface area (Å²) in [6.07, 6.45) is 1.87. The van der Waals surface area contributed by atoms with Gasteiger partial charge in [0.2, 0.25) is 11.8 Å². The zero-order valence-corrected chi connectivity index (χ0v) is 13.4. The molecule has 0 bridgehead atoms. The Bertz CT molecular complexity index is 502. The van der Waals surface area contributed by atoms with Gasteiger partial charge in [0.15, 0.2) is 5.82 Å². The first-order valence-electron chi connectivity index (χ1n) is 6.75. The molecule has 1 amide bonds. The molecule has 0 spiro atoms. The van der Waals surface area contributed by atoms with Crippen molar-refractivity contribution in [2.45, 2.75) is 50.3 Å². The van der Waals surface area contributed by atoms with E-state index in [9.17, 15) is 4.79 Å². The average molecular weight is 320 g/mol. The number of carbonyl (C=O) groups is 1. The molecule has 5 nitrogen and oxygen atoms in total. The molecule has 0 radical (unpaired) electrons. The first-order valence-corrected chi connectivity index (χ1v) is 7.50. The number of hydrogen-bond acceptors (Lipinski definition) is 4. The Morgan fingerprint density at radius 2 is 2.15 bits per heavy atom. The first-order chi connectivity index (χ1) is 9.26. The van der Waals surface area contributed by atoms with Crippen molar-refractivity contribution in [3.8, 4) is 0 Å². The molecule has 1 saturated carbocycles. The zero-order valence-electron chi connectivity index (χ0n) is 11.9. The Kier molecular flexibility index (Phi) is 4.30. The molecule has 0 saturated heterocycles. The van der Waals surface area contributed by atoms with Gasteiger partial charge in [-0.3, -0.25) is 4.79 Å². The minimum Gasteiger partial charge on any atom is -0.356 e. The summed E-state index contributed by atoms with van der Waals surface area (Å²) in [7, 11) is 0. The highest BCUT2D eigenvalue weighted by Gasteiger charge is 2.67. The van der Waals surface area contributed by atoms with Gasteiger partial charge >= 0.3 is 0 Å². The number of alkyl halides is 2. The van der Waals surface area contributed by atoms with Gasteiger partial charge < -0.3 is 9.84 Å². The molecular formula is C13H19Cl2N3O2. The largest absolute Gasteiger partial charge is 0.356 e. The lowest BCUT2D eigenvalue weighted by Crippen LogP contribution is -2.34. The van der Waals surface area contributed by atoms with E-state index in [2.05, 4.69) is 15.5 Å². The van der Waals surface area contributed by atoms with Crippen molar-refractivity contribution < 1.29 is 9.32 Å². The van der Waals surface area contributed by atoms with Gasteiger partial charge in [0.05, 0.1) is 5.41 Å². The highest BCUT2D eigenvalue weighted by Crippen LogP contribution is 2.63. The van der Waals surface area contributed by atoms with Crippen LogP contribution in [0.4, 0.5) is 0 Å². The maximum atomic E-state index is 11.9. The van der Waals surface area contributed by atoms with Crippen molar-refractivity contribution in [2.75, 3.05) is 6.54 Å². The van der Waals surface area contributed by atoms with Gasteiger partial charge in [-0.2, -0.15) is 4.98 Å². The topological polar surface area (TPSA) is 68.0 Å². The Morgan fingerprint density at radius 1 is 1.50 bits per heavy atom. The van der Waals surface area contributed by atoms with Gasteiger partial charge in [0.25, 0.3) is 0 Å². The fraction of sp³-hybridized carbons (Fsp3) is 0.769. The third kappa shape index (κ3) is 3.09. The van der Waals surface area contributed by atoms with E-state index in [1.165, 1.54) is 0 Å². The fourth-order valence-electron chi connectivity index (χ4n) is 1.89. The van der Waals surface area contributed by atoms with Crippen LogP contribution in [0.15, 0.2) is 4.52 Å². The molecule has 112 valence electrons. The lowest BCUT2D eigenvalue weighted by Gasteiger charge is -2.11. The van der Waals surface area contributed by atoms with Crippen LogP contribution in [0.1, 0.15) is 51.2 Å². The Balaban J connectivity index is 1.70. The molecule has 1 aliphatic rings. The van der Waals surface area contributed by atoms with Crippen LogP contribution in [0, 0.1) is 5.41 Å². The van der Waals surface area contributed by atoms with E-state index < -0.39 is 9.75 Å². The second kappa shape index (κ2) is 5.53. The van der Waals surface area contributed by atoms with Gasteiger partial charge in [-0.15, -0.1) is 23.2 Å². The number of aryl methyl sites for hydroxylation is 1. The number of aromatic nitrogens is 2. The second-order valence-electron chi connectivity index (χ2n) is 5.77. The lowest BCUT2D eigenvalue weighted by atomic mass is 10.1. The van der Waals surface area contributed by atoms with Crippen LogP contribution in [0.25, 0.3) is 0 Å². The summed E-state index contributed by atoms with van der Waals surface area (Å²) in [5.74, 6) is 1.46. The highest BCUT2D eigenvalue weighted by molar-refractivity contribution is 6.53. The number of carbonyl (C=O) groups excluding carboxylic acids is 1. The van der Waals surface area contributed by atoms with Crippen LogP contribution >= 0.6 is 23.2 Å². The molecule has 1 aromatic heterocycles. The molecule has 1 atom stereocenters. The van der Waals surface area contributed by atoms with Crippen LogP contribution in [-0.2, 0) is 11.2 Å². The van der Waals surface area contributed by atoms with E-state index in [4.69, 9.17) is 27.7 Å². The van der Waals surface area contributed by atoms with Crippen molar-refractivity contribution >= 4 is 29.1 Å². The van der Waals surface area contributed by atoms with Crippen LogP contribution in [0.5, 0.6) is 0 Å². The second-order valence-corrected chi connectivity index (χ2v) is 7.26. The molecule has 1 aliphatic carbocycles. The molecule has 1 aromatic rings. The summed E-state index contributed by atoms with van der Waals surface area (Å²) in [6.45, 7) is 6.33. The van der Waals surface area contributed by atoms with Crippen molar-refractivity contribution in [3.63, 3.8) is 0 Å². The molecule has 20 heavy (non-hydrogen) atoms. The van der Waals surface area contributed by atoms with E-state index >= 15 is 0 Å². The fourth-order valence-corrected chi connectivity index (χ4v) is 2.59. The number of hydrogen-bond donors (Lipinski definition) is 1. The smallest absolute Gasteiger partial charge is 0.229 e. The van der Waals surface area contributed by atoms with Gasteiger partial charge in [0.1, 0.15) is 4.33 Å². The summed E-state index contributed by atoms with van der Waals surface area (Å²) in [5, 5.41) is 6.73. The predicted octanol–water partition coefficient (Wildman–Crippen LogP) is 2.83. The molecule has 7 heteroatoms. The van der Waals surface area contributed by atoms with Crippen molar-refractivity contribution in [3.05, 3.63) is 11.7 Å². The minimum atomic E-state index is -0.921. The molecule has 1 N–H and O–H groups in total. The predicted molar refractivity (Wildman–Crippen MR) is 76.9 cm³/mol. The standard InChI is InChI=1S/C13H19Cl2N3O2/c1-8(2)10-17-9(20-18-10)5-4-6-16-11(19)12(3)7-13(12,14)15/h8H,4-7H2,1-3H3,(H,16,19)/t12-/m1/s1. The Labute approximate surface area is 128 Å². The van der Waals surface area contributed by atoms with Crippen molar-refractivity contribution in [1.29, 1.82) is 0 Å². The number of amides is 1. The van der Waals surface area contributed by atoms with Crippen LogP contribution in [-0.4, -0.2) is 26.9 Å². The first kappa shape index (κ1) is 15.6. The van der Waals surface area contributed by atoms with E-state index in [-0.39, 0.29) is 11.8 Å². The van der Waals surface area contributed by atoms with Crippen LogP contribution in [0.2, 0.25) is 0 Å². The van der Waals surface area contributed by atoms with E-state index in [1.807, 2.05) is 13.8 Å². The van der Waals surface area contributed by atoms with Crippen LogP contribution < -0.4 is 5.32 Å². The SMILES string of the molecule is CC(C)c1noc(CCCNC(=O)[C@@]2(C)CC2(Cl)Cl)n1. The summed E-state index contributed by atoms with van der Waals surface area (Å²) >= 11 is 11.9. The number of nitrogens with zero attached hydrogens (tertiary/aromatic N) is 2. The van der Waals surface area contributed by atoms with E-state index in [1.54, 1.807) is 6.92 Å². The summed E-state index contributed by atoms with van der Waals surface area (Å²) in [4.78, 5) is 16.2. The lowest BCUT2D eigenvalue weighted by molar-refractivity contribution is -0.125. The van der Waals surface area contributed by atoms with E-state index in [0.717, 1.165) is 6.42 Å². The third-order valence-electron chi connectivity index (χ3n) is 3.61. The van der Waals surface area contributed by atoms with Gasteiger partial charge in [-0.05, 0) is 19.8 Å². The Hall–Kier alpha value is -0.810. The number of halogens is 2. The van der Waals surface area contributed by atoms with Crippen molar-refractivity contribution in [1.82, 2.24) is 15.5 Å². The average Bonchev–Trinajstić information content (AvgIpc) is 2.77. The molecule has 0 aliphatic heterocycles. The van der Waals surface area contributed by atoms with Gasteiger partial charge in [-0.1, -0.05) is 19.0 Å². The third-order valence-corrected chi connectivity index (χ3v) is 4.71. The number of nitrogens with one attached hydrogen (secondary N) is 1. The highest BCUT2D eigenvalue weighted by atomic mass is 35.5. The maximum Gasteiger partial charge on any atom is 0.229 e. The van der Waals surface area contributed by atoms with Crippen LogP contribution in [0.3, 0.4) is 0 Å². The molecule has 1 heterocycles. The molecule has 0 unspecified atom stereocenters. The summed E-state index contributed by atoms with van der Waals surface area (Å²) in [6, 6.07) is 0. The van der Waals surface area contributed by atoms with Crippen molar-refractivity contribution in [2.24, 2.45) is 5.41 Å². The van der Waals surface area contributed by atoms with E-state index in [0.29, 0.717) is 31.1 Å². The Morgan fingerprint density at radius 3 is 2.65 bits per heavy atom. The summed E-state index contributed by atoms with van der Waals surface area (Å²) < 4.78 is 4.21. The van der Waals surface area contributed by atoms with Gasteiger partial charge in [-0.25, -0.2) is 0 Å². The molecule has 0 aromatic carbocycles. The molecule has 1 fully saturated rings. The summed E-state index contributed by atoms with van der Waals surface area (Å²) in [5.41, 5.74) is -0.661. The quantitative estimate of drug-likeness (QED) is 0.646. The number of rotatable bonds is 6. The normalized spacial score (nSPS) is 23.9. The minimum absolute atomic E-state index is 0.101. The monoisotopic (exact) mass is 319 g/mol. The van der Waals surface area contributed by atoms with Gasteiger partial charge in [0, 0.05) is 18.9 Å². The zero-order chi connectivity index (χ0) is 15.0.